The normalized spacial score (nSPS) is 49.6. The molecule has 0 aromatic heterocycles. The predicted octanol–water partition coefficient (Wildman–Crippen LogP) is 7.40. The second kappa shape index (κ2) is 5.87. The van der Waals surface area contributed by atoms with Crippen molar-refractivity contribution in [2.75, 3.05) is 0 Å². The van der Waals surface area contributed by atoms with Crippen LogP contribution in [0.25, 0.3) is 0 Å². The van der Waals surface area contributed by atoms with Crippen molar-refractivity contribution in [3.05, 3.63) is 34.9 Å². The van der Waals surface area contributed by atoms with Gasteiger partial charge in [-0.25, -0.2) is 0 Å². The Hall–Kier alpha value is -0.780. The maximum Gasteiger partial charge on any atom is -0.0125 e. The van der Waals surface area contributed by atoms with Gasteiger partial charge in [0.15, 0.2) is 0 Å². The Labute approximate surface area is 165 Å². The SMILES string of the molecule is c1cc([C@H]2C[C@@H]3CC[C@H]2C3)c([C@H]2C[C@@H]3CC[C@H]2C3)c([C@H]2C[C@@H]3CC[C@H]2C3)c1. The fourth-order valence-electron chi connectivity index (χ4n) is 9.53. The van der Waals surface area contributed by atoms with Crippen LogP contribution >= 0.6 is 0 Å². The largest absolute Gasteiger partial charge is 0.0617 e. The minimum atomic E-state index is 0.927. The average Bonchev–Trinajstić information content (AvgIpc) is 3.52. The van der Waals surface area contributed by atoms with Gasteiger partial charge >= 0.3 is 0 Å². The van der Waals surface area contributed by atoms with Crippen LogP contribution < -0.4 is 0 Å². The van der Waals surface area contributed by atoms with Gasteiger partial charge in [0.05, 0.1) is 0 Å². The second-order valence-electron chi connectivity index (χ2n) is 11.7. The number of fused-ring (bicyclic) bond motifs is 6. The number of benzene rings is 1. The van der Waals surface area contributed by atoms with Gasteiger partial charge in [-0.3, -0.25) is 0 Å². The molecule has 0 spiro atoms. The molecule has 0 heterocycles. The molecule has 6 saturated carbocycles. The third-order valence-corrected chi connectivity index (χ3v) is 10.6. The third kappa shape index (κ3) is 2.34. The van der Waals surface area contributed by atoms with Gasteiger partial charge in [-0.1, -0.05) is 37.5 Å². The van der Waals surface area contributed by atoms with Crippen LogP contribution in [0, 0.1) is 35.5 Å². The Balaban J connectivity index is 1.34. The molecule has 0 amide bonds. The molecule has 1 aromatic rings. The third-order valence-electron chi connectivity index (χ3n) is 10.6. The molecule has 6 bridgehead atoms. The monoisotopic (exact) mass is 360 g/mol. The van der Waals surface area contributed by atoms with Crippen molar-refractivity contribution in [1.82, 2.24) is 0 Å². The van der Waals surface area contributed by atoms with Crippen LogP contribution in [-0.2, 0) is 0 Å². The van der Waals surface area contributed by atoms with E-state index in [1.807, 2.05) is 16.7 Å². The van der Waals surface area contributed by atoms with E-state index in [1.165, 1.54) is 51.4 Å². The van der Waals surface area contributed by atoms with Crippen molar-refractivity contribution in [1.29, 1.82) is 0 Å². The molecule has 144 valence electrons. The van der Waals surface area contributed by atoms with E-state index in [4.69, 9.17) is 0 Å². The molecule has 6 fully saturated rings. The summed E-state index contributed by atoms with van der Waals surface area (Å²) in [5.41, 5.74) is 5.71. The number of hydrogen-bond donors (Lipinski definition) is 0. The lowest BCUT2D eigenvalue weighted by molar-refractivity contribution is 0.380. The van der Waals surface area contributed by atoms with Crippen LogP contribution in [0.3, 0.4) is 0 Å². The summed E-state index contributed by atoms with van der Waals surface area (Å²) in [5.74, 6) is 9.09. The van der Waals surface area contributed by atoms with Crippen molar-refractivity contribution in [3.63, 3.8) is 0 Å². The van der Waals surface area contributed by atoms with Gasteiger partial charge in [0, 0.05) is 0 Å². The molecule has 9 atom stereocenters. The first-order valence-corrected chi connectivity index (χ1v) is 12.5. The molecule has 6 aliphatic rings. The van der Waals surface area contributed by atoms with Crippen LogP contribution in [0.2, 0.25) is 0 Å². The molecule has 1 aromatic carbocycles. The molecule has 0 radical (unpaired) electrons. The van der Waals surface area contributed by atoms with Crippen LogP contribution in [0.1, 0.15) is 111 Å². The van der Waals surface area contributed by atoms with Gasteiger partial charge in [0.25, 0.3) is 0 Å². The maximum atomic E-state index is 2.61. The summed E-state index contributed by atoms with van der Waals surface area (Å²) in [6.07, 6.45) is 18.5. The lowest BCUT2D eigenvalue weighted by Gasteiger charge is -2.35. The van der Waals surface area contributed by atoms with Gasteiger partial charge in [-0.05, 0) is 128 Å². The summed E-state index contributed by atoms with van der Waals surface area (Å²) >= 11 is 0. The summed E-state index contributed by atoms with van der Waals surface area (Å²) in [7, 11) is 0. The van der Waals surface area contributed by atoms with E-state index in [2.05, 4.69) is 18.2 Å². The highest BCUT2D eigenvalue weighted by Crippen LogP contribution is 2.61. The first-order chi connectivity index (χ1) is 13.3. The van der Waals surface area contributed by atoms with Crippen molar-refractivity contribution in [3.8, 4) is 0 Å². The van der Waals surface area contributed by atoms with Gasteiger partial charge in [-0.15, -0.1) is 0 Å². The zero-order valence-electron chi connectivity index (χ0n) is 16.9. The highest BCUT2D eigenvalue weighted by molar-refractivity contribution is 5.45. The average molecular weight is 361 g/mol. The Kier molecular flexibility index (Phi) is 3.49. The molecule has 0 aliphatic heterocycles. The molecular weight excluding hydrogens is 324 g/mol. The Morgan fingerprint density at radius 1 is 0.481 bits per heavy atom. The predicted molar refractivity (Wildman–Crippen MR) is 111 cm³/mol. The van der Waals surface area contributed by atoms with E-state index < -0.39 is 0 Å². The topological polar surface area (TPSA) is 0 Å². The van der Waals surface area contributed by atoms with Crippen molar-refractivity contribution < 1.29 is 0 Å². The molecule has 0 N–H and O–H groups in total. The smallest absolute Gasteiger partial charge is 0.0125 e. The molecular formula is C27H36. The molecule has 0 nitrogen and oxygen atoms in total. The van der Waals surface area contributed by atoms with Crippen molar-refractivity contribution in [2.24, 2.45) is 35.5 Å². The summed E-state index contributed by atoms with van der Waals surface area (Å²) in [5, 5.41) is 0. The summed E-state index contributed by atoms with van der Waals surface area (Å²) < 4.78 is 0. The van der Waals surface area contributed by atoms with E-state index >= 15 is 0 Å². The lowest BCUT2D eigenvalue weighted by atomic mass is 9.70. The molecule has 7 rings (SSSR count). The fraction of sp³-hybridized carbons (Fsp3) is 0.778. The summed E-state index contributed by atoms with van der Waals surface area (Å²) in [6, 6.07) is 7.71. The molecule has 0 heteroatoms. The van der Waals surface area contributed by atoms with E-state index in [1.54, 1.807) is 25.7 Å². The van der Waals surface area contributed by atoms with E-state index in [9.17, 15) is 0 Å². The van der Waals surface area contributed by atoms with E-state index in [0.29, 0.717) is 0 Å². The number of hydrogen-bond acceptors (Lipinski definition) is 0. The summed E-state index contributed by atoms with van der Waals surface area (Å²) in [4.78, 5) is 0. The van der Waals surface area contributed by atoms with Gasteiger partial charge in [0.2, 0.25) is 0 Å². The van der Waals surface area contributed by atoms with Crippen LogP contribution in [-0.4, -0.2) is 0 Å². The molecule has 27 heavy (non-hydrogen) atoms. The minimum Gasteiger partial charge on any atom is -0.0617 e. The maximum absolute atomic E-state index is 2.61. The quantitative estimate of drug-likeness (QED) is 0.527. The van der Waals surface area contributed by atoms with Crippen LogP contribution in [0.15, 0.2) is 18.2 Å². The highest BCUT2D eigenvalue weighted by atomic mass is 14.5. The molecule has 6 aliphatic carbocycles. The lowest BCUT2D eigenvalue weighted by Crippen LogP contribution is -2.20. The standard InChI is InChI=1S/C27H36/c1-2-22(24-13-16-4-7-19(24)10-16)27(26-15-18-6-9-21(26)12-18)23(3-1)25-14-17-5-8-20(25)11-17/h1-3,16-21,24-26H,4-15H2/t16-,17-,18-,19+,20+,21+,24+,25+,26+/m1/s1. The zero-order valence-corrected chi connectivity index (χ0v) is 16.9. The zero-order chi connectivity index (χ0) is 17.5. The number of rotatable bonds is 3. The minimum absolute atomic E-state index is 0.927. The fourth-order valence-corrected chi connectivity index (χ4v) is 9.53. The van der Waals surface area contributed by atoms with Gasteiger partial charge in [0.1, 0.15) is 0 Å². The van der Waals surface area contributed by atoms with Gasteiger partial charge in [-0.2, -0.15) is 0 Å². The first-order valence-electron chi connectivity index (χ1n) is 12.5. The molecule has 0 unspecified atom stereocenters. The highest BCUT2D eigenvalue weighted by Gasteiger charge is 2.48. The van der Waals surface area contributed by atoms with Gasteiger partial charge < -0.3 is 0 Å². The Bertz CT molecular complexity index is 700. The van der Waals surface area contributed by atoms with Crippen LogP contribution in [0.5, 0.6) is 0 Å². The van der Waals surface area contributed by atoms with Crippen LogP contribution in [0.4, 0.5) is 0 Å². The Morgan fingerprint density at radius 2 is 0.926 bits per heavy atom. The molecule has 0 saturated heterocycles. The first kappa shape index (κ1) is 16.1. The van der Waals surface area contributed by atoms with E-state index in [-0.39, 0.29) is 0 Å². The van der Waals surface area contributed by atoms with Crippen molar-refractivity contribution >= 4 is 0 Å². The Morgan fingerprint density at radius 3 is 1.30 bits per heavy atom. The van der Waals surface area contributed by atoms with Crippen molar-refractivity contribution in [2.45, 2.75) is 94.8 Å². The summed E-state index contributed by atoms with van der Waals surface area (Å²) in [6.45, 7) is 0. The van der Waals surface area contributed by atoms with E-state index in [0.717, 1.165) is 53.3 Å². The second-order valence-corrected chi connectivity index (χ2v) is 11.7.